The normalized spacial score (nSPS) is 19.0. The van der Waals surface area contributed by atoms with E-state index in [-0.39, 0.29) is 11.9 Å². The fourth-order valence-electron chi connectivity index (χ4n) is 4.14. The van der Waals surface area contributed by atoms with Crippen molar-refractivity contribution in [3.8, 4) is 16.9 Å². The van der Waals surface area contributed by atoms with Crippen LogP contribution in [0.4, 0.5) is 9.18 Å². The van der Waals surface area contributed by atoms with Gasteiger partial charge in [0.1, 0.15) is 17.7 Å². The molecule has 1 aliphatic carbocycles. The third-order valence-corrected chi connectivity index (χ3v) is 5.69. The van der Waals surface area contributed by atoms with Gasteiger partial charge in [0.05, 0.1) is 0 Å². The van der Waals surface area contributed by atoms with Crippen molar-refractivity contribution in [1.29, 1.82) is 0 Å². The van der Waals surface area contributed by atoms with Crippen LogP contribution in [0.1, 0.15) is 64.4 Å². The predicted octanol–water partition coefficient (Wildman–Crippen LogP) is 7.32. The van der Waals surface area contributed by atoms with Gasteiger partial charge in [-0.05, 0) is 67.3 Å². The summed E-state index contributed by atoms with van der Waals surface area (Å²) in [5.74, 6) is 0.934. The summed E-state index contributed by atoms with van der Waals surface area (Å²) < 4.78 is 25.2. The monoisotopic (exact) mass is 398 g/mol. The van der Waals surface area contributed by atoms with E-state index >= 15 is 0 Å². The van der Waals surface area contributed by atoms with Crippen LogP contribution in [-0.4, -0.2) is 12.3 Å². The molecule has 0 spiro atoms. The van der Waals surface area contributed by atoms with E-state index in [4.69, 9.17) is 9.47 Å². The van der Waals surface area contributed by atoms with E-state index in [0.29, 0.717) is 11.3 Å². The van der Waals surface area contributed by atoms with Crippen molar-refractivity contribution in [3.05, 3.63) is 53.8 Å². The average molecular weight is 399 g/mol. The van der Waals surface area contributed by atoms with Crippen LogP contribution < -0.4 is 4.74 Å². The van der Waals surface area contributed by atoms with Crippen LogP contribution in [-0.2, 0) is 11.2 Å². The van der Waals surface area contributed by atoms with Gasteiger partial charge in [0.2, 0.25) is 0 Å². The Morgan fingerprint density at radius 2 is 1.72 bits per heavy atom. The highest BCUT2D eigenvalue weighted by Crippen LogP contribution is 2.30. The number of ether oxygens (including phenoxy) is 2. The molecule has 4 heteroatoms. The van der Waals surface area contributed by atoms with Crippen LogP contribution in [0.15, 0.2) is 42.5 Å². The zero-order valence-corrected chi connectivity index (χ0v) is 17.5. The van der Waals surface area contributed by atoms with Gasteiger partial charge < -0.3 is 9.47 Å². The number of hydrogen-bond acceptors (Lipinski definition) is 3. The van der Waals surface area contributed by atoms with Crippen molar-refractivity contribution in [1.82, 2.24) is 0 Å². The first kappa shape index (κ1) is 21.4. The van der Waals surface area contributed by atoms with Crippen molar-refractivity contribution in [2.24, 2.45) is 5.92 Å². The fourth-order valence-corrected chi connectivity index (χ4v) is 4.14. The summed E-state index contributed by atoms with van der Waals surface area (Å²) >= 11 is 0. The first-order valence-electron chi connectivity index (χ1n) is 10.9. The number of rotatable bonds is 7. The van der Waals surface area contributed by atoms with Gasteiger partial charge in [0, 0.05) is 5.56 Å². The van der Waals surface area contributed by atoms with E-state index in [0.717, 1.165) is 55.6 Å². The van der Waals surface area contributed by atoms with E-state index < -0.39 is 6.16 Å². The Kier molecular flexibility index (Phi) is 7.68. The zero-order valence-electron chi connectivity index (χ0n) is 17.5. The molecule has 1 saturated carbocycles. The van der Waals surface area contributed by atoms with E-state index in [1.165, 1.54) is 12.8 Å². The standard InChI is InChI=1S/C25H31FO3/c1-3-5-18-7-12-21(13-8-18)28-25(27)29-22-14-10-20(11-15-22)23-16-9-19(6-4-2)17-24(23)26/h9-11,14-18,21H,3-8,12-13H2,1-2H3/t18-,21-. The molecule has 3 rings (SSSR count). The number of carbonyl (C=O) groups excluding carboxylic acids is 1. The topological polar surface area (TPSA) is 35.5 Å². The van der Waals surface area contributed by atoms with Gasteiger partial charge in [-0.25, -0.2) is 9.18 Å². The third kappa shape index (κ3) is 6.06. The van der Waals surface area contributed by atoms with Gasteiger partial charge >= 0.3 is 6.16 Å². The second-order valence-corrected chi connectivity index (χ2v) is 7.99. The Hall–Kier alpha value is -2.36. The maximum Gasteiger partial charge on any atom is 0.514 e. The van der Waals surface area contributed by atoms with E-state index in [9.17, 15) is 9.18 Å². The summed E-state index contributed by atoms with van der Waals surface area (Å²) in [5.41, 5.74) is 2.29. The highest BCUT2D eigenvalue weighted by Gasteiger charge is 2.24. The van der Waals surface area contributed by atoms with Gasteiger partial charge in [-0.2, -0.15) is 0 Å². The quantitative estimate of drug-likeness (QED) is 0.362. The highest BCUT2D eigenvalue weighted by atomic mass is 19.1. The van der Waals surface area contributed by atoms with Crippen LogP contribution in [0, 0.1) is 11.7 Å². The summed E-state index contributed by atoms with van der Waals surface area (Å²) in [5, 5.41) is 0. The van der Waals surface area contributed by atoms with Crippen LogP contribution in [0.3, 0.4) is 0 Å². The molecule has 2 aromatic rings. The molecule has 1 aliphatic rings. The molecule has 2 aromatic carbocycles. The van der Waals surface area contributed by atoms with Gasteiger partial charge in [-0.15, -0.1) is 0 Å². The fraction of sp³-hybridized carbons (Fsp3) is 0.480. The first-order chi connectivity index (χ1) is 14.1. The van der Waals surface area contributed by atoms with Crippen molar-refractivity contribution in [2.75, 3.05) is 0 Å². The van der Waals surface area contributed by atoms with Crippen LogP contribution in [0.5, 0.6) is 5.75 Å². The van der Waals surface area contributed by atoms with Crippen LogP contribution in [0.25, 0.3) is 11.1 Å². The summed E-state index contributed by atoms with van der Waals surface area (Å²) in [6, 6.07) is 12.2. The molecular formula is C25H31FO3. The SMILES string of the molecule is CCCc1ccc(-c2ccc(OC(=O)O[C@H]3CC[C@H](CCC)CC3)cc2)c(F)c1. The molecular weight excluding hydrogens is 367 g/mol. The second kappa shape index (κ2) is 10.4. The highest BCUT2D eigenvalue weighted by molar-refractivity contribution is 5.67. The number of halogens is 1. The van der Waals surface area contributed by atoms with Crippen molar-refractivity contribution in [3.63, 3.8) is 0 Å². The van der Waals surface area contributed by atoms with E-state index in [1.807, 2.05) is 6.07 Å². The molecule has 0 unspecified atom stereocenters. The van der Waals surface area contributed by atoms with Gasteiger partial charge in [0.15, 0.2) is 0 Å². The predicted molar refractivity (Wildman–Crippen MR) is 114 cm³/mol. The Balaban J connectivity index is 1.53. The molecule has 0 aliphatic heterocycles. The summed E-state index contributed by atoms with van der Waals surface area (Å²) in [6.07, 6.45) is 7.65. The molecule has 3 nitrogen and oxygen atoms in total. The lowest BCUT2D eigenvalue weighted by Gasteiger charge is -2.27. The minimum absolute atomic E-state index is 0.0504. The van der Waals surface area contributed by atoms with Crippen LogP contribution >= 0.6 is 0 Å². The van der Waals surface area contributed by atoms with Crippen molar-refractivity contribution >= 4 is 6.16 Å². The number of benzene rings is 2. The molecule has 156 valence electrons. The Labute approximate surface area is 173 Å². The Bertz CT molecular complexity index is 792. The lowest BCUT2D eigenvalue weighted by atomic mass is 9.85. The van der Waals surface area contributed by atoms with Gasteiger partial charge in [0.25, 0.3) is 0 Å². The molecule has 0 radical (unpaired) electrons. The molecule has 0 amide bonds. The Morgan fingerprint density at radius 1 is 1.00 bits per heavy atom. The van der Waals surface area contributed by atoms with Gasteiger partial charge in [-0.1, -0.05) is 57.4 Å². The maximum absolute atomic E-state index is 14.4. The second-order valence-electron chi connectivity index (χ2n) is 7.99. The van der Waals surface area contributed by atoms with Crippen LogP contribution in [0.2, 0.25) is 0 Å². The lowest BCUT2D eigenvalue weighted by molar-refractivity contribution is 0.0330. The minimum atomic E-state index is -0.660. The summed E-state index contributed by atoms with van der Waals surface area (Å²) in [6.45, 7) is 4.29. The molecule has 1 fully saturated rings. The number of aryl methyl sites for hydroxylation is 1. The largest absolute Gasteiger partial charge is 0.514 e. The minimum Gasteiger partial charge on any atom is -0.431 e. The van der Waals surface area contributed by atoms with Gasteiger partial charge in [-0.3, -0.25) is 0 Å². The molecule has 0 bridgehead atoms. The average Bonchev–Trinajstić information content (AvgIpc) is 2.71. The van der Waals surface area contributed by atoms with Crippen molar-refractivity contribution < 1.29 is 18.7 Å². The lowest BCUT2D eigenvalue weighted by Crippen LogP contribution is -2.26. The van der Waals surface area contributed by atoms with E-state index in [2.05, 4.69) is 13.8 Å². The number of hydrogen-bond donors (Lipinski definition) is 0. The first-order valence-corrected chi connectivity index (χ1v) is 10.9. The smallest absolute Gasteiger partial charge is 0.431 e. The molecule has 0 N–H and O–H groups in total. The Morgan fingerprint density at radius 3 is 2.34 bits per heavy atom. The molecule has 0 heterocycles. The molecule has 0 atom stereocenters. The zero-order chi connectivity index (χ0) is 20.6. The molecule has 0 aromatic heterocycles. The maximum atomic E-state index is 14.4. The number of carbonyl (C=O) groups is 1. The van der Waals surface area contributed by atoms with E-state index in [1.54, 1.807) is 36.4 Å². The van der Waals surface area contributed by atoms with Crippen molar-refractivity contribution in [2.45, 2.75) is 71.3 Å². The summed E-state index contributed by atoms with van der Waals surface area (Å²) in [7, 11) is 0. The molecule has 0 saturated heterocycles. The summed E-state index contributed by atoms with van der Waals surface area (Å²) in [4.78, 5) is 12.1. The molecule has 29 heavy (non-hydrogen) atoms. The third-order valence-electron chi connectivity index (χ3n) is 5.69.